The molecule has 19 heavy (non-hydrogen) atoms. The van der Waals surface area contributed by atoms with Crippen LogP contribution in [0.25, 0.3) is 0 Å². The summed E-state index contributed by atoms with van der Waals surface area (Å²) in [7, 11) is 1.25. The maximum atomic E-state index is 11.6. The Bertz CT molecular complexity index is 325. The minimum atomic E-state index is -0.799. The second-order valence-electron chi connectivity index (χ2n) is 4.79. The summed E-state index contributed by atoms with van der Waals surface area (Å²) in [5.41, 5.74) is 0. The highest BCUT2D eigenvalue weighted by Crippen LogP contribution is 2.06. The summed E-state index contributed by atoms with van der Waals surface area (Å²) in [5.74, 6) is -1.85. The maximum absolute atomic E-state index is 11.6. The van der Waals surface area contributed by atoms with Gasteiger partial charge in [-0.15, -0.1) is 0 Å². The van der Waals surface area contributed by atoms with Gasteiger partial charge in [-0.1, -0.05) is 27.2 Å². The summed E-state index contributed by atoms with van der Waals surface area (Å²) < 4.78 is 4.61. The number of ether oxygens (including phenoxy) is 1. The number of unbranched alkanes of at least 4 members (excludes halogenated alkanes) is 1. The second kappa shape index (κ2) is 9.35. The largest absolute Gasteiger partial charge is 0.467 e. The molecule has 0 unspecified atom stereocenters. The molecule has 0 bridgehead atoms. The molecule has 0 radical (unpaired) electrons. The fraction of sp³-hybridized carbons (Fsp3) is 0.769. The summed E-state index contributed by atoms with van der Waals surface area (Å²) in [6.07, 6.45) is 2.17. The number of nitrogens with one attached hydrogen (secondary N) is 2. The van der Waals surface area contributed by atoms with Crippen molar-refractivity contribution in [2.75, 3.05) is 13.7 Å². The maximum Gasteiger partial charge on any atom is 0.328 e. The van der Waals surface area contributed by atoms with Gasteiger partial charge in [0.15, 0.2) is 0 Å². The Kier molecular flexibility index (Phi) is 8.57. The molecule has 0 saturated carbocycles. The Morgan fingerprint density at radius 2 is 1.84 bits per heavy atom. The van der Waals surface area contributed by atoms with Crippen molar-refractivity contribution in [1.82, 2.24) is 10.6 Å². The Balaban J connectivity index is -0.00000162. The lowest BCUT2D eigenvalue weighted by Crippen LogP contribution is -2.48. The summed E-state index contributed by atoms with van der Waals surface area (Å²) in [6.45, 7) is 6.28. The molecule has 114 valence electrons. The first-order valence-corrected chi connectivity index (χ1v) is 6.58. The standard InChI is InChI=1S/C13H24N2O4.2H2/c1-5-6-7-14-11(16)12(17)15-10(8-9(2)3)13(18)19-4;;/h9-10H,5-8H2,1-4H3,(H,14,16)(H,15,17);2*1H/t10-;;/m1../s1. The van der Waals surface area contributed by atoms with E-state index in [-0.39, 0.29) is 8.77 Å². The molecule has 6 nitrogen and oxygen atoms in total. The fourth-order valence-corrected chi connectivity index (χ4v) is 1.51. The molecule has 6 heteroatoms. The molecule has 0 saturated heterocycles. The molecule has 2 amide bonds. The van der Waals surface area contributed by atoms with Crippen LogP contribution >= 0.6 is 0 Å². The average Bonchev–Trinajstić information content (AvgIpc) is 2.36. The van der Waals surface area contributed by atoms with Crippen LogP contribution in [0.5, 0.6) is 0 Å². The van der Waals surface area contributed by atoms with Crippen molar-refractivity contribution in [3.8, 4) is 0 Å². The third kappa shape index (κ3) is 7.43. The van der Waals surface area contributed by atoms with Crippen molar-refractivity contribution in [3.05, 3.63) is 0 Å². The van der Waals surface area contributed by atoms with Crippen molar-refractivity contribution in [1.29, 1.82) is 0 Å². The molecule has 0 fully saturated rings. The minimum Gasteiger partial charge on any atom is -0.467 e. The zero-order valence-electron chi connectivity index (χ0n) is 12.1. The van der Waals surface area contributed by atoms with Crippen LogP contribution in [0.15, 0.2) is 0 Å². The van der Waals surface area contributed by atoms with E-state index in [0.29, 0.717) is 13.0 Å². The number of carbonyl (C=O) groups is 3. The van der Waals surface area contributed by atoms with Gasteiger partial charge in [0.05, 0.1) is 7.11 Å². The SMILES string of the molecule is CCCCNC(=O)C(=O)N[C@H](CC(C)C)C(=O)OC.[HH].[HH]. The number of esters is 1. The molecule has 0 spiro atoms. The van der Waals surface area contributed by atoms with Crippen molar-refractivity contribution >= 4 is 17.8 Å². The van der Waals surface area contributed by atoms with E-state index in [1.54, 1.807) is 0 Å². The Labute approximate surface area is 117 Å². The monoisotopic (exact) mass is 276 g/mol. The highest BCUT2D eigenvalue weighted by molar-refractivity contribution is 6.35. The van der Waals surface area contributed by atoms with Crippen LogP contribution in [0, 0.1) is 5.92 Å². The molecule has 0 heterocycles. The van der Waals surface area contributed by atoms with Crippen LogP contribution in [-0.2, 0) is 19.1 Å². The lowest BCUT2D eigenvalue weighted by atomic mass is 10.0. The van der Waals surface area contributed by atoms with Crippen molar-refractivity contribution in [2.24, 2.45) is 5.92 Å². The normalized spacial score (nSPS) is 11.8. The second-order valence-corrected chi connectivity index (χ2v) is 4.79. The van der Waals surface area contributed by atoms with Gasteiger partial charge in [0.25, 0.3) is 0 Å². The summed E-state index contributed by atoms with van der Waals surface area (Å²) >= 11 is 0. The quantitative estimate of drug-likeness (QED) is 0.414. The zero-order chi connectivity index (χ0) is 14.8. The molecule has 0 rings (SSSR count). The smallest absolute Gasteiger partial charge is 0.328 e. The number of hydrogen-bond acceptors (Lipinski definition) is 4. The molecule has 0 aliphatic rings. The van der Waals surface area contributed by atoms with Gasteiger partial charge in [-0.2, -0.15) is 0 Å². The third-order valence-corrected chi connectivity index (χ3v) is 2.52. The minimum absolute atomic E-state index is 0. The van der Waals surface area contributed by atoms with Crippen LogP contribution in [0.4, 0.5) is 0 Å². The van der Waals surface area contributed by atoms with Gasteiger partial charge in [-0.3, -0.25) is 9.59 Å². The number of rotatable bonds is 7. The molecule has 0 aliphatic carbocycles. The lowest BCUT2D eigenvalue weighted by Gasteiger charge is -2.17. The van der Waals surface area contributed by atoms with Crippen LogP contribution in [-0.4, -0.2) is 37.5 Å². The van der Waals surface area contributed by atoms with Crippen LogP contribution in [0.1, 0.15) is 42.9 Å². The van der Waals surface area contributed by atoms with Crippen LogP contribution in [0.3, 0.4) is 0 Å². The Hall–Kier alpha value is -1.59. The van der Waals surface area contributed by atoms with E-state index in [4.69, 9.17) is 0 Å². The molecule has 0 aromatic carbocycles. The van der Waals surface area contributed by atoms with Crippen molar-refractivity contribution in [3.63, 3.8) is 0 Å². The van der Waals surface area contributed by atoms with Gasteiger partial charge in [0.1, 0.15) is 6.04 Å². The summed E-state index contributed by atoms with van der Waals surface area (Å²) in [5, 5.41) is 4.90. The zero-order valence-corrected chi connectivity index (χ0v) is 12.1. The molecular weight excluding hydrogens is 248 g/mol. The van der Waals surface area contributed by atoms with E-state index >= 15 is 0 Å². The lowest BCUT2D eigenvalue weighted by molar-refractivity contribution is -0.147. The Morgan fingerprint density at radius 1 is 1.21 bits per heavy atom. The van der Waals surface area contributed by atoms with Gasteiger partial charge >= 0.3 is 17.8 Å². The molecule has 2 N–H and O–H groups in total. The average molecular weight is 276 g/mol. The predicted molar refractivity (Wildman–Crippen MR) is 75.5 cm³/mol. The third-order valence-electron chi connectivity index (χ3n) is 2.52. The molecule has 0 aromatic heterocycles. The Morgan fingerprint density at radius 3 is 2.32 bits per heavy atom. The van der Waals surface area contributed by atoms with Gasteiger partial charge in [0, 0.05) is 9.40 Å². The van der Waals surface area contributed by atoms with E-state index in [9.17, 15) is 14.4 Å². The van der Waals surface area contributed by atoms with E-state index in [2.05, 4.69) is 15.4 Å². The molecule has 0 aromatic rings. The first-order chi connectivity index (χ1) is 8.92. The van der Waals surface area contributed by atoms with E-state index in [1.807, 2.05) is 20.8 Å². The van der Waals surface area contributed by atoms with Gasteiger partial charge in [-0.25, -0.2) is 4.79 Å². The van der Waals surface area contributed by atoms with Gasteiger partial charge in [-0.05, 0) is 18.8 Å². The van der Waals surface area contributed by atoms with Gasteiger partial charge in [0.2, 0.25) is 0 Å². The van der Waals surface area contributed by atoms with E-state index < -0.39 is 23.8 Å². The summed E-state index contributed by atoms with van der Waals surface area (Å²) in [4.78, 5) is 34.6. The van der Waals surface area contributed by atoms with Crippen LogP contribution < -0.4 is 10.6 Å². The molecular formula is C13H28N2O4. The predicted octanol–water partition coefficient (Wildman–Crippen LogP) is 1.10. The topological polar surface area (TPSA) is 84.5 Å². The van der Waals surface area contributed by atoms with E-state index in [0.717, 1.165) is 12.8 Å². The fourth-order valence-electron chi connectivity index (χ4n) is 1.51. The van der Waals surface area contributed by atoms with Crippen LogP contribution in [0.2, 0.25) is 0 Å². The highest BCUT2D eigenvalue weighted by Gasteiger charge is 2.25. The number of methoxy groups -OCH3 is 1. The number of amides is 2. The summed E-state index contributed by atoms with van der Waals surface area (Å²) in [6, 6.07) is -0.783. The number of carbonyl (C=O) groups excluding carboxylic acids is 3. The highest BCUT2D eigenvalue weighted by atomic mass is 16.5. The molecule has 0 aliphatic heterocycles. The first kappa shape index (κ1) is 17.4. The molecule has 1 atom stereocenters. The number of hydrogen-bond donors (Lipinski definition) is 2. The van der Waals surface area contributed by atoms with Crippen molar-refractivity contribution in [2.45, 2.75) is 46.1 Å². The van der Waals surface area contributed by atoms with E-state index in [1.165, 1.54) is 7.11 Å². The first-order valence-electron chi connectivity index (χ1n) is 6.58. The van der Waals surface area contributed by atoms with Crippen molar-refractivity contribution < 1.29 is 22.0 Å². The van der Waals surface area contributed by atoms with Gasteiger partial charge < -0.3 is 15.4 Å².